The maximum atomic E-state index is 13.1. The summed E-state index contributed by atoms with van der Waals surface area (Å²) < 4.78 is 13.7. The van der Waals surface area contributed by atoms with E-state index in [-0.39, 0.29) is 5.78 Å². The van der Waals surface area contributed by atoms with Crippen molar-refractivity contribution in [3.8, 4) is 0 Å². The van der Waals surface area contributed by atoms with Gasteiger partial charge in [-0.05, 0) is 36.8 Å². The second-order valence-corrected chi connectivity index (χ2v) is 4.56. The van der Waals surface area contributed by atoms with Crippen LogP contribution in [0.25, 0.3) is 0 Å². The van der Waals surface area contributed by atoms with Gasteiger partial charge >= 0.3 is 0 Å². The van der Waals surface area contributed by atoms with E-state index in [0.29, 0.717) is 15.6 Å². The number of ketones is 1. The van der Waals surface area contributed by atoms with Crippen LogP contribution in [0.3, 0.4) is 0 Å². The van der Waals surface area contributed by atoms with Crippen LogP contribution in [-0.2, 0) is 0 Å². The van der Waals surface area contributed by atoms with E-state index in [2.05, 4.69) is 20.9 Å². The van der Waals surface area contributed by atoms with Crippen molar-refractivity contribution in [3.63, 3.8) is 0 Å². The molecule has 0 aliphatic heterocycles. The number of nitrogens with zero attached hydrogens (tertiary/aromatic N) is 1. The van der Waals surface area contributed by atoms with Crippen molar-refractivity contribution < 1.29 is 9.18 Å². The Bertz CT molecular complexity index is 583. The summed E-state index contributed by atoms with van der Waals surface area (Å²) in [5, 5.41) is 0. The average Bonchev–Trinajstić information content (AvgIpc) is 2.31. The van der Waals surface area contributed by atoms with Crippen LogP contribution in [0.2, 0.25) is 0 Å². The third-order valence-corrected chi connectivity index (χ3v) is 3.00. The summed E-state index contributed by atoms with van der Waals surface area (Å²) in [4.78, 5) is 16.1. The molecule has 0 radical (unpaired) electrons. The Hall–Kier alpha value is -1.55. The maximum absolute atomic E-state index is 13.1. The molecule has 0 amide bonds. The molecular formula is C13H9BrFNO. The van der Waals surface area contributed by atoms with Gasteiger partial charge in [-0.25, -0.2) is 4.39 Å². The van der Waals surface area contributed by atoms with Crippen LogP contribution in [0.15, 0.2) is 41.1 Å². The van der Waals surface area contributed by atoms with Gasteiger partial charge in [-0.3, -0.25) is 9.78 Å². The van der Waals surface area contributed by atoms with E-state index in [1.54, 1.807) is 12.3 Å². The van der Waals surface area contributed by atoms with Crippen molar-refractivity contribution in [2.24, 2.45) is 0 Å². The number of aromatic nitrogens is 1. The highest BCUT2D eigenvalue weighted by Crippen LogP contribution is 2.21. The van der Waals surface area contributed by atoms with Gasteiger partial charge < -0.3 is 0 Å². The molecular weight excluding hydrogens is 285 g/mol. The first kappa shape index (κ1) is 11.9. The number of carbonyl (C=O) groups is 1. The number of hydrogen-bond acceptors (Lipinski definition) is 2. The Morgan fingerprint density at radius 1 is 1.29 bits per heavy atom. The van der Waals surface area contributed by atoms with Gasteiger partial charge in [0.15, 0.2) is 5.78 Å². The molecule has 0 atom stereocenters. The highest BCUT2D eigenvalue weighted by molar-refractivity contribution is 9.10. The first-order valence-corrected chi connectivity index (χ1v) is 5.78. The zero-order valence-corrected chi connectivity index (χ0v) is 10.7. The molecule has 0 saturated heterocycles. The first-order valence-electron chi connectivity index (χ1n) is 4.99. The fourth-order valence-electron chi connectivity index (χ4n) is 1.51. The quantitative estimate of drug-likeness (QED) is 0.793. The number of pyridine rings is 1. The topological polar surface area (TPSA) is 30.0 Å². The molecule has 4 heteroatoms. The molecule has 0 spiro atoms. The first-order chi connectivity index (χ1) is 8.08. The SMILES string of the molecule is Cc1cncc(C(=O)c2cc(F)ccc2Br)c1. The Morgan fingerprint density at radius 3 is 2.76 bits per heavy atom. The Morgan fingerprint density at radius 2 is 2.06 bits per heavy atom. The van der Waals surface area contributed by atoms with Crippen molar-refractivity contribution in [1.82, 2.24) is 4.98 Å². The van der Waals surface area contributed by atoms with Gasteiger partial charge in [0.1, 0.15) is 5.82 Å². The lowest BCUT2D eigenvalue weighted by Gasteiger charge is -2.04. The van der Waals surface area contributed by atoms with Crippen LogP contribution < -0.4 is 0 Å². The lowest BCUT2D eigenvalue weighted by Crippen LogP contribution is -2.04. The predicted octanol–water partition coefficient (Wildman–Crippen LogP) is 3.52. The molecule has 2 nitrogen and oxygen atoms in total. The summed E-state index contributed by atoms with van der Waals surface area (Å²) in [5.41, 5.74) is 1.65. The molecule has 1 aromatic heterocycles. The highest BCUT2D eigenvalue weighted by Gasteiger charge is 2.13. The Labute approximate surface area is 107 Å². The highest BCUT2D eigenvalue weighted by atomic mass is 79.9. The van der Waals surface area contributed by atoms with Gasteiger partial charge in [-0.1, -0.05) is 15.9 Å². The van der Waals surface area contributed by atoms with Crippen molar-refractivity contribution >= 4 is 21.7 Å². The number of hydrogen-bond donors (Lipinski definition) is 0. The molecule has 0 bridgehead atoms. The molecule has 0 aliphatic carbocycles. The largest absolute Gasteiger partial charge is 0.289 e. The van der Waals surface area contributed by atoms with E-state index in [4.69, 9.17) is 0 Å². The Balaban J connectivity index is 2.47. The van der Waals surface area contributed by atoms with Crippen LogP contribution in [0.4, 0.5) is 4.39 Å². The minimum atomic E-state index is -0.433. The number of carbonyl (C=O) groups excluding carboxylic acids is 1. The van der Waals surface area contributed by atoms with Crippen LogP contribution >= 0.6 is 15.9 Å². The van der Waals surface area contributed by atoms with Crippen LogP contribution in [0.5, 0.6) is 0 Å². The van der Waals surface area contributed by atoms with E-state index in [9.17, 15) is 9.18 Å². The third-order valence-electron chi connectivity index (χ3n) is 2.31. The zero-order chi connectivity index (χ0) is 12.4. The van der Waals surface area contributed by atoms with Crippen molar-refractivity contribution in [3.05, 3.63) is 63.6 Å². The lowest BCUT2D eigenvalue weighted by atomic mass is 10.0. The van der Waals surface area contributed by atoms with Gasteiger partial charge in [0.05, 0.1) is 0 Å². The standard InChI is InChI=1S/C13H9BrFNO/c1-8-4-9(7-16-6-8)13(17)11-5-10(15)2-3-12(11)14/h2-7H,1H3. The fraction of sp³-hybridized carbons (Fsp3) is 0.0769. The van der Waals surface area contributed by atoms with E-state index < -0.39 is 5.82 Å². The third kappa shape index (κ3) is 2.58. The van der Waals surface area contributed by atoms with Crippen molar-refractivity contribution in [2.45, 2.75) is 6.92 Å². The molecule has 1 aromatic carbocycles. The van der Waals surface area contributed by atoms with Crippen LogP contribution in [-0.4, -0.2) is 10.8 Å². The molecule has 0 aliphatic rings. The smallest absolute Gasteiger partial charge is 0.195 e. The van der Waals surface area contributed by atoms with Crippen molar-refractivity contribution in [1.29, 1.82) is 0 Å². The van der Waals surface area contributed by atoms with Gasteiger partial charge in [-0.2, -0.15) is 0 Å². The minimum Gasteiger partial charge on any atom is -0.289 e. The second kappa shape index (κ2) is 4.75. The fourth-order valence-corrected chi connectivity index (χ4v) is 1.93. The van der Waals surface area contributed by atoms with Crippen molar-refractivity contribution in [2.75, 3.05) is 0 Å². The molecule has 0 N–H and O–H groups in total. The second-order valence-electron chi connectivity index (χ2n) is 3.70. The van der Waals surface area contributed by atoms with Gasteiger partial charge in [-0.15, -0.1) is 0 Å². The number of halogens is 2. The maximum Gasteiger partial charge on any atom is 0.195 e. The predicted molar refractivity (Wildman–Crippen MR) is 66.5 cm³/mol. The van der Waals surface area contributed by atoms with E-state index in [1.165, 1.54) is 24.4 Å². The molecule has 2 rings (SSSR count). The summed E-state index contributed by atoms with van der Waals surface area (Å²) in [6.07, 6.45) is 3.14. The average molecular weight is 294 g/mol. The summed E-state index contributed by atoms with van der Waals surface area (Å²) in [7, 11) is 0. The molecule has 2 aromatic rings. The number of rotatable bonds is 2. The van der Waals surface area contributed by atoms with Crippen LogP contribution in [0, 0.1) is 12.7 Å². The van der Waals surface area contributed by atoms with E-state index in [1.807, 2.05) is 6.92 Å². The van der Waals surface area contributed by atoms with E-state index >= 15 is 0 Å². The normalized spacial score (nSPS) is 10.3. The molecule has 1 heterocycles. The van der Waals surface area contributed by atoms with Gasteiger partial charge in [0, 0.05) is 28.0 Å². The van der Waals surface area contributed by atoms with E-state index in [0.717, 1.165) is 5.56 Å². The van der Waals surface area contributed by atoms with Gasteiger partial charge in [0.25, 0.3) is 0 Å². The number of benzene rings is 1. The summed E-state index contributed by atoms with van der Waals surface area (Å²) in [5.74, 6) is -0.676. The zero-order valence-electron chi connectivity index (χ0n) is 9.08. The summed E-state index contributed by atoms with van der Waals surface area (Å²) in [6, 6.07) is 5.77. The molecule has 0 unspecified atom stereocenters. The molecule has 0 saturated carbocycles. The lowest BCUT2D eigenvalue weighted by molar-refractivity contribution is 0.103. The molecule has 86 valence electrons. The molecule has 0 fully saturated rings. The molecule has 17 heavy (non-hydrogen) atoms. The van der Waals surface area contributed by atoms with Crippen LogP contribution in [0.1, 0.15) is 21.5 Å². The monoisotopic (exact) mass is 293 g/mol. The summed E-state index contributed by atoms with van der Waals surface area (Å²) >= 11 is 3.24. The number of aryl methyl sites for hydroxylation is 1. The van der Waals surface area contributed by atoms with Gasteiger partial charge in [0.2, 0.25) is 0 Å². The Kier molecular flexibility index (Phi) is 3.33. The minimum absolute atomic E-state index is 0.243. The summed E-state index contributed by atoms with van der Waals surface area (Å²) in [6.45, 7) is 1.85.